The molecule has 0 aromatic carbocycles. The molecule has 5 aliphatic rings. The highest BCUT2D eigenvalue weighted by Gasteiger charge is 2.55. The fourth-order valence-electron chi connectivity index (χ4n) is 8.63. The number of aliphatic hydroxyl groups is 1. The zero-order chi connectivity index (χ0) is 28.1. The topological polar surface area (TPSA) is 60.0 Å². The Morgan fingerprint density at radius 2 is 1.90 bits per heavy atom. The molecule has 10 heteroatoms. The Hall–Kier alpha value is -0.440. The van der Waals surface area contributed by atoms with E-state index in [-0.39, 0.29) is 42.4 Å². The van der Waals surface area contributed by atoms with E-state index in [4.69, 9.17) is 4.74 Å². The van der Waals surface area contributed by atoms with Crippen molar-refractivity contribution in [3.05, 3.63) is 12.3 Å². The summed E-state index contributed by atoms with van der Waals surface area (Å²) in [6.07, 6.45) is 5.98. The van der Waals surface area contributed by atoms with Gasteiger partial charge >= 0.3 is 0 Å². The summed E-state index contributed by atoms with van der Waals surface area (Å²) in [4.78, 5) is 2.41. The molecule has 12 atom stereocenters. The number of aliphatic hydroxyl groups excluding tert-OH is 1. The molecule has 2 aliphatic carbocycles. The largest absolute Gasteiger partial charge is 0.391 e. The number of hydrogen-bond acceptors (Lipinski definition) is 6. The van der Waals surface area contributed by atoms with Gasteiger partial charge in [0.15, 0.2) is 0 Å². The minimum absolute atomic E-state index is 0.0184. The van der Waals surface area contributed by atoms with E-state index in [0.717, 1.165) is 63.6 Å². The zero-order valence-corrected chi connectivity index (χ0v) is 25.0. The van der Waals surface area contributed by atoms with Crippen LogP contribution in [0.1, 0.15) is 71.6 Å². The summed E-state index contributed by atoms with van der Waals surface area (Å²) in [5.74, 6) is 0.930. The van der Waals surface area contributed by atoms with Gasteiger partial charge in [0, 0.05) is 55.9 Å². The van der Waals surface area contributed by atoms with Gasteiger partial charge in [-0.3, -0.25) is 5.43 Å². The molecule has 5 rings (SSSR count). The molecule has 3 aliphatic heterocycles. The molecule has 0 bridgehead atoms. The Kier molecular flexibility index (Phi) is 9.28. The first-order chi connectivity index (χ1) is 18.6. The van der Waals surface area contributed by atoms with Gasteiger partial charge in [0.2, 0.25) is 0 Å². The van der Waals surface area contributed by atoms with Gasteiger partial charge in [0.25, 0.3) is 5.66 Å². The third-order valence-electron chi connectivity index (χ3n) is 10.6. The second kappa shape index (κ2) is 12.0. The minimum atomic E-state index is -3.06. The number of halogens is 3. The first-order valence-corrected chi connectivity index (χ1v) is 15.9. The molecule has 224 valence electrons. The Bertz CT molecular complexity index is 861. The molecule has 6 nitrogen and oxygen atoms in total. The normalized spacial score (nSPS) is 43.9. The molecule has 3 saturated heterocycles. The van der Waals surface area contributed by atoms with Crippen molar-refractivity contribution in [2.45, 2.75) is 126 Å². The van der Waals surface area contributed by atoms with Gasteiger partial charge < -0.3 is 20.1 Å². The molecule has 0 aromatic heterocycles. The smallest absolute Gasteiger partial charge is 0.276 e. The lowest BCUT2D eigenvalue weighted by Crippen LogP contribution is -2.61. The van der Waals surface area contributed by atoms with Crippen LogP contribution >= 0.6 is 9.24 Å². The number of alkyl halides is 3. The van der Waals surface area contributed by atoms with Crippen molar-refractivity contribution in [2.24, 2.45) is 23.7 Å². The average Bonchev–Trinajstić information content (AvgIpc) is 3.68. The highest BCUT2D eigenvalue weighted by Crippen LogP contribution is 2.49. The monoisotopic (exact) mass is 574 g/mol. The molecule has 39 heavy (non-hydrogen) atoms. The molecule has 3 heterocycles. The molecule has 5 fully saturated rings. The standard InChI is InChI=1S/C29H50F3N4O2P/c1-5-7-20-25-21(6-2)35(16(3)18-14-24(37)28(33-15-18)29(31,32)39)13-12-22(25)36(34-20)23-11-10-19(17-8-9-17)26(30)27(23)38-4/h17-28,33-34,37H,3,5-15,39H2,1-2,4H3. The summed E-state index contributed by atoms with van der Waals surface area (Å²) < 4.78 is 49.5. The third kappa shape index (κ3) is 5.79. The van der Waals surface area contributed by atoms with Crippen LogP contribution in [-0.2, 0) is 4.74 Å². The fraction of sp³-hybridized carbons (Fsp3) is 0.931. The maximum absolute atomic E-state index is 15.8. The number of likely N-dealkylation sites (tertiary alicyclic amines) is 1. The van der Waals surface area contributed by atoms with Gasteiger partial charge in [-0.05, 0) is 63.2 Å². The highest BCUT2D eigenvalue weighted by atomic mass is 31.0. The first kappa shape index (κ1) is 30.0. The van der Waals surface area contributed by atoms with E-state index in [0.29, 0.717) is 18.4 Å². The molecule has 3 N–H and O–H groups in total. The number of nitrogens with one attached hydrogen (secondary N) is 2. The maximum Gasteiger partial charge on any atom is 0.276 e. The van der Waals surface area contributed by atoms with E-state index in [2.05, 4.69) is 41.1 Å². The number of fused-ring (bicyclic) bond motifs is 1. The number of hydrogen-bond donors (Lipinski definition) is 3. The number of ether oxygens (including phenoxy) is 1. The van der Waals surface area contributed by atoms with Gasteiger partial charge in [-0.2, -0.15) is 0 Å². The third-order valence-corrected chi connectivity index (χ3v) is 11.0. The van der Waals surface area contributed by atoms with Crippen LogP contribution < -0.4 is 10.7 Å². The van der Waals surface area contributed by atoms with Gasteiger partial charge in [-0.25, -0.2) is 18.2 Å². The molecule has 0 spiro atoms. The van der Waals surface area contributed by atoms with E-state index in [1.54, 1.807) is 16.3 Å². The lowest BCUT2D eigenvalue weighted by Gasteiger charge is -2.51. The summed E-state index contributed by atoms with van der Waals surface area (Å²) in [5.41, 5.74) is 1.76. The van der Waals surface area contributed by atoms with Crippen LogP contribution in [0.3, 0.4) is 0 Å². The van der Waals surface area contributed by atoms with E-state index in [1.165, 1.54) is 0 Å². The molecule has 0 radical (unpaired) electrons. The van der Waals surface area contributed by atoms with Crippen LogP contribution in [0.15, 0.2) is 12.3 Å². The Balaban J connectivity index is 1.32. The molecular formula is C29H50F3N4O2P. The van der Waals surface area contributed by atoms with Crippen molar-refractivity contribution >= 4 is 9.24 Å². The number of rotatable bonds is 9. The van der Waals surface area contributed by atoms with Crippen molar-refractivity contribution in [1.82, 2.24) is 20.7 Å². The summed E-state index contributed by atoms with van der Waals surface area (Å²) in [6, 6.07) is -0.423. The van der Waals surface area contributed by atoms with Crippen LogP contribution in [0.5, 0.6) is 0 Å². The second-order valence-corrected chi connectivity index (χ2v) is 13.6. The minimum Gasteiger partial charge on any atom is -0.391 e. The average molecular weight is 575 g/mol. The van der Waals surface area contributed by atoms with Crippen LogP contribution in [0.2, 0.25) is 0 Å². The van der Waals surface area contributed by atoms with Crippen molar-refractivity contribution in [3.63, 3.8) is 0 Å². The fourth-order valence-corrected chi connectivity index (χ4v) is 8.97. The Labute approximate surface area is 235 Å². The summed E-state index contributed by atoms with van der Waals surface area (Å²) in [6.45, 7) is 10.1. The van der Waals surface area contributed by atoms with Crippen molar-refractivity contribution in [1.29, 1.82) is 0 Å². The van der Waals surface area contributed by atoms with Crippen molar-refractivity contribution < 1.29 is 23.0 Å². The lowest BCUT2D eigenvalue weighted by molar-refractivity contribution is -0.103. The van der Waals surface area contributed by atoms with E-state index < -0.39 is 30.1 Å². The van der Waals surface area contributed by atoms with Gasteiger partial charge in [-0.15, -0.1) is 0 Å². The van der Waals surface area contributed by atoms with E-state index in [1.807, 2.05) is 0 Å². The van der Waals surface area contributed by atoms with Gasteiger partial charge in [0.1, 0.15) is 18.3 Å². The van der Waals surface area contributed by atoms with Gasteiger partial charge in [0.05, 0.1) is 12.1 Å². The predicted molar refractivity (Wildman–Crippen MR) is 151 cm³/mol. The second-order valence-electron chi connectivity index (χ2n) is 12.9. The molecule has 12 unspecified atom stereocenters. The summed E-state index contributed by atoms with van der Waals surface area (Å²) in [5, 5.41) is 15.8. The first-order valence-electron chi connectivity index (χ1n) is 15.4. The van der Waals surface area contributed by atoms with Crippen LogP contribution in [0.4, 0.5) is 13.2 Å². The van der Waals surface area contributed by atoms with Gasteiger partial charge in [-0.1, -0.05) is 36.1 Å². The molecular weight excluding hydrogens is 524 g/mol. The quantitative estimate of drug-likeness (QED) is 0.357. The lowest BCUT2D eigenvalue weighted by atomic mass is 9.75. The molecule has 0 aromatic rings. The summed E-state index contributed by atoms with van der Waals surface area (Å²) in [7, 11) is 3.23. The number of hydrazine groups is 1. The highest BCUT2D eigenvalue weighted by molar-refractivity contribution is 7.18. The van der Waals surface area contributed by atoms with E-state index in [9.17, 15) is 13.9 Å². The maximum atomic E-state index is 15.8. The number of piperidine rings is 2. The van der Waals surface area contributed by atoms with Crippen LogP contribution in [-0.4, -0.2) is 89.5 Å². The zero-order valence-electron chi connectivity index (χ0n) is 23.9. The van der Waals surface area contributed by atoms with Crippen molar-refractivity contribution in [3.8, 4) is 0 Å². The molecule has 2 saturated carbocycles. The van der Waals surface area contributed by atoms with Crippen LogP contribution in [0.25, 0.3) is 0 Å². The Morgan fingerprint density at radius 1 is 1.15 bits per heavy atom. The Morgan fingerprint density at radius 3 is 2.49 bits per heavy atom. The molecule has 0 amide bonds. The number of nitrogens with zero attached hydrogens (tertiary/aromatic N) is 2. The van der Waals surface area contributed by atoms with Crippen LogP contribution in [0, 0.1) is 23.7 Å². The number of methoxy groups -OCH3 is 1. The van der Waals surface area contributed by atoms with Crippen molar-refractivity contribution in [2.75, 3.05) is 20.2 Å². The predicted octanol–water partition coefficient (Wildman–Crippen LogP) is 4.31. The summed E-state index contributed by atoms with van der Waals surface area (Å²) >= 11 is 0. The SMILES string of the molecule is C=C(C1CNC(C(F)(F)P)C(O)C1)N1CCC2C(C(CCC)NN2C2CCC(C3CC3)C(F)C2OC)C1CC. The van der Waals surface area contributed by atoms with E-state index >= 15 is 4.39 Å².